The number of aryl methyl sites for hydroxylation is 1. The van der Waals surface area contributed by atoms with Crippen LogP contribution in [0.25, 0.3) is 0 Å². The monoisotopic (exact) mass is 473 g/mol. The SMILES string of the molecule is O=C(Nc1sc2c(c1C(=O)c1cccs1)CCCC2)C1=CC=CN2CCS(=O)(=O)N=C12. The standard InChI is InChI=1S/C21H19N3O4S3/c25-18(16-8-4-11-29-16)17-13-5-1-2-7-15(13)30-21(17)22-20(26)14-6-3-9-24-10-12-31(27,28)23-19(14)24/h3-4,6,8-9,11H,1-2,5,7,10,12H2,(H,22,26). The lowest BCUT2D eigenvalue weighted by Crippen LogP contribution is -2.40. The van der Waals surface area contributed by atoms with Crippen molar-refractivity contribution in [3.63, 3.8) is 0 Å². The van der Waals surface area contributed by atoms with Crippen molar-refractivity contribution in [1.29, 1.82) is 0 Å². The molecule has 5 rings (SSSR count). The Hall–Kier alpha value is -2.56. The average Bonchev–Trinajstić information content (AvgIpc) is 3.40. The third-order valence-corrected chi connectivity index (χ3v) is 8.70. The molecule has 3 aliphatic rings. The molecule has 1 aliphatic carbocycles. The largest absolute Gasteiger partial charge is 0.331 e. The third kappa shape index (κ3) is 3.79. The van der Waals surface area contributed by atoms with Crippen molar-refractivity contribution in [3.05, 3.63) is 62.3 Å². The van der Waals surface area contributed by atoms with Crippen LogP contribution in [0, 0.1) is 0 Å². The Balaban J connectivity index is 1.52. The van der Waals surface area contributed by atoms with Gasteiger partial charge >= 0.3 is 0 Å². The van der Waals surface area contributed by atoms with E-state index in [0.717, 1.165) is 36.1 Å². The molecule has 31 heavy (non-hydrogen) atoms. The molecule has 0 unspecified atom stereocenters. The van der Waals surface area contributed by atoms with E-state index in [4.69, 9.17) is 0 Å². The minimum atomic E-state index is -3.60. The van der Waals surface area contributed by atoms with Crippen LogP contribution in [0.5, 0.6) is 0 Å². The second-order valence-electron chi connectivity index (χ2n) is 7.49. The molecule has 4 heterocycles. The summed E-state index contributed by atoms with van der Waals surface area (Å²) in [6.45, 7) is 0.248. The number of rotatable bonds is 4. The van der Waals surface area contributed by atoms with E-state index in [1.165, 1.54) is 22.7 Å². The van der Waals surface area contributed by atoms with Gasteiger partial charge in [-0.25, -0.2) is 8.42 Å². The molecule has 1 N–H and O–H groups in total. The number of anilines is 1. The predicted octanol–water partition coefficient (Wildman–Crippen LogP) is 3.36. The van der Waals surface area contributed by atoms with Gasteiger partial charge in [0.1, 0.15) is 5.00 Å². The molecule has 2 aromatic rings. The molecule has 0 aromatic carbocycles. The molecule has 0 fully saturated rings. The number of carbonyl (C=O) groups is 2. The van der Waals surface area contributed by atoms with Crippen molar-refractivity contribution < 1.29 is 18.0 Å². The van der Waals surface area contributed by atoms with E-state index >= 15 is 0 Å². The van der Waals surface area contributed by atoms with Crippen molar-refractivity contribution in [2.75, 3.05) is 17.6 Å². The lowest BCUT2D eigenvalue weighted by Gasteiger charge is -2.28. The van der Waals surface area contributed by atoms with Crippen molar-refractivity contribution in [2.24, 2.45) is 4.40 Å². The Morgan fingerprint density at radius 1 is 1.19 bits per heavy atom. The molecule has 0 atom stereocenters. The predicted molar refractivity (Wildman–Crippen MR) is 122 cm³/mol. The first-order chi connectivity index (χ1) is 14.9. The number of hydrogen-bond acceptors (Lipinski definition) is 7. The number of nitrogens with one attached hydrogen (secondary N) is 1. The molecule has 10 heteroatoms. The van der Waals surface area contributed by atoms with Crippen LogP contribution in [-0.2, 0) is 27.7 Å². The van der Waals surface area contributed by atoms with E-state index in [1.54, 1.807) is 29.3 Å². The normalized spacial score (nSPS) is 19.2. The van der Waals surface area contributed by atoms with E-state index in [0.29, 0.717) is 15.4 Å². The number of fused-ring (bicyclic) bond motifs is 2. The van der Waals surface area contributed by atoms with E-state index in [1.807, 2.05) is 11.4 Å². The van der Waals surface area contributed by atoms with Crippen LogP contribution in [0.3, 0.4) is 0 Å². The molecular formula is C21H19N3O4S3. The van der Waals surface area contributed by atoms with Crippen LogP contribution in [0.2, 0.25) is 0 Å². The average molecular weight is 474 g/mol. The van der Waals surface area contributed by atoms with Gasteiger partial charge in [0, 0.05) is 17.6 Å². The molecule has 0 saturated heterocycles. The highest BCUT2D eigenvalue weighted by Crippen LogP contribution is 2.40. The number of hydrogen-bond donors (Lipinski definition) is 1. The number of thiophene rings is 2. The summed E-state index contributed by atoms with van der Waals surface area (Å²) in [7, 11) is -3.60. The zero-order valence-electron chi connectivity index (χ0n) is 16.5. The van der Waals surface area contributed by atoms with Gasteiger partial charge in [-0.1, -0.05) is 6.07 Å². The molecule has 7 nitrogen and oxygen atoms in total. The maximum absolute atomic E-state index is 13.3. The van der Waals surface area contributed by atoms with Crippen LogP contribution in [0.4, 0.5) is 5.00 Å². The minimum Gasteiger partial charge on any atom is -0.331 e. The molecule has 0 saturated carbocycles. The zero-order valence-corrected chi connectivity index (χ0v) is 18.9. The number of ketones is 1. The fourth-order valence-corrected chi connectivity index (χ4v) is 6.93. The van der Waals surface area contributed by atoms with E-state index in [2.05, 4.69) is 9.71 Å². The topological polar surface area (TPSA) is 95.9 Å². The van der Waals surface area contributed by atoms with Gasteiger partial charge in [-0.3, -0.25) is 9.59 Å². The minimum absolute atomic E-state index is 0.0820. The lowest BCUT2D eigenvalue weighted by molar-refractivity contribution is -0.112. The summed E-state index contributed by atoms with van der Waals surface area (Å²) in [4.78, 5) is 29.9. The van der Waals surface area contributed by atoms with Crippen molar-refractivity contribution in [2.45, 2.75) is 25.7 Å². The molecule has 2 aliphatic heterocycles. The molecule has 160 valence electrons. The fourth-order valence-electron chi connectivity index (χ4n) is 3.99. The van der Waals surface area contributed by atoms with Gasteiger partial charge in [-0.2, -0.15) is 0 Å². The van der Waals surface area contributed by atoms with E-state index in [9.17, 15) is 18.0 Å². The highest BCUT2D eigenvalue weighted by Gasteiger charge is 2.32. The van der Waals surface area contributed by atoms with Gasteiger partial charge in [-0.15, -0.1) is 27.1 Å². The summed E-state index contributed by atoms with van der Waals surface area (Å²) in [5, 5.41) is 5.29. The van der Waals surface area contributed by atoms with Gasteiger partial charge in [-0.05, 0) is 54.8 Å². The summed E-state index contributed by atoms with van der Waals surface area (Å²) in [5.41, 5.74) is 1.77. The highest BCUT2D eigenvalue weighted by molar-refractivity contribution is 7.90. The van der Waals surface area contributed by atoms with E-state index in [-0.39, 0.29) is 29.5 Å². The zero-order chi connectivity index (χ0) is 21.6. The first-order valence-corrected chi connectivity index (χ1v) is 13.3. The van der Waals surface area contributed by atoms with Crippen LogP contribution >= 0.6 is 22.7 Å². The van der Waals surface area contributed by atoms with Gasteiger partial charge < -0.3 is 10.2 Å². The number of carbonyl (C=O) groups excluding carboxylic acids is 2. The summed E-state index contributed by atoms with van der Waals surface area (Å²) in [5.74, 6) is -0.517. The maximum atomic E-state index is 13.3. The number of sulfonamides is 1. The second kappa shape index (κ2) is 7.85. The Morgan fingerprint density at radius 2 is 2.03 bits per heavy atom. The van der Waals surface area contributed by atoms with Crippen LogP contribution < -0.4 is 5.32 Å². The first kappa shape index (κ1) is 20.3. The first-order valence-electron chi connectivity index (χ1n) is 9.95. The van der Waals surface area contributed by atoms with Crippen LogP contribution in [0.15, 0.2) is 45.8 Å². The second-order valence-corrected chi connectivity index (χ2v) is 11.3. The molecule has 1 amide bonds. The Labute approximate surface area is 187 Å². The van der Waals surface area contributed by atoms with E-state index < -0.39 is 15.9 Å². The molecule has 0 radical (unpaired) electrons. The number of allylic oxidation sites excluding steroid dienone is 2. The quantitative estimate of drug-likeness (QED) is 0.687. The number of nitrogens with zero attached hydrogens (tertiary/aromatic N) is 2. The molecule has 0 spiro atoms. The third-order valence-electron chi connectivity index (χ3n) is 5.47. The smallest absolute Gasteiger partial charge is 0.260 e. The Morgan fingerprint density at radius 3 is 2.84 bits per heavy atom. The maximum Gasteiger partial charge on any atom is 0.260 e. The van der Waals surface area contributed by atoms with Crippen LogP contribution in [-0.4, -0.2) is 43.1 Å². The summed E-state index contributed by atoms with van der Waals surface area (Å²) in [6.07, 6.45) is 8.75. The summed E-state index contributed by atoms with van der Waals surface area (Å²) >= 11 is 2.82. The molecule has 0 bridgehead atoms. The van der Waals surface area contributed by atoms with Gasteiger partial charge in [0.2, 0.25) is 5.78 Å². The van der Waals surface area contributed by atoms with Crippen molar-refractivity contribution in [1.82, 2.24) is 4.90 Å². The summed E-state index contributed by atoms with van der Waals surface area (Å²) in [6, 6.07) is 3.63. The Kier molecular flexibility index (Phi) is 5.15. The number of amides is 1. The molecule has 2 aromatic heterocycles. The fraction of sp³-hybridized carbons (Fsp3) is 0.286. The van der Waals surface area contributed by atoms with Gasteiger partial charge in [0.05, 0.1) is 21.8 Å². The Bertz CT molecular complexity index is 1270. The van der Waals surface area contributed by atoms with Gasteiger partial charge in [0.15, 0.2) is 5.84 Å². The highest BCUT2D eigenvalue weighted by atomic mass is 32.2. The number of amidine groups is 1. The molecular weight excluding hydrogens is 454 g/mol. The van der Waals surface area contributed by atoms with Crippen molar-refractivity contribution >= 4 is 55.2 Å². The van der Waals surface area contributed by atoms with Gasteiger partial charge in [0.25, 0.3) is 15.9 Å². The lowest BCUT2D eigenvalue weighted by atomic mass is 9.93. The summed E-state index contributed by atoms with van der Waals surface area (Å²) < 4.78 is 27.8. The van der Waals surface area contributed by atoms with Crippen molar-refractivity contribution in [3.8, 4) is 0 Å². The van der Waals surface area contributed by atoms with Crippen LogP contribution in [0.1, 0.15) is 38.5 Å².